The minimum atomic E-state index is -0.104. The van der Waals surface area contributed by atoms with Crippen molar-refractivity contribution >= 4 is 0 Å². The first kappa shape index (κ1) is 10.0. The third-order valence-electron chi connectivity index (χ3n) is 2.82. The zero-order valence-electron chi connectivity index (χ0n) is 8.12. The van der Waals surface area contributed by atoms with Crippen molar-refractivity contribution in [3.63, 3.8) is 0 Å². The summed E-state index contributed by atoms with van der Waals surface area (Å²) in [4.78, 5) is 0. The molecule has 72 valence electrons. The Labute approximate surface area is 74.9 Å². The van der Waals surface area contributed by atoms with Gasteiger partial charge in [0.1, 0.15) is 0 Å². The standard InChI is InChI=1S/C10H20O2/c1-8(9-5-6-9)10(11)4-3-7-12-2/h8-11H,3-7H2,1-2H3. The van der Waals surface area contributed by atoms with Crippen LogP contribution < -0.4 is 0 Å². The Kier molecular flexibility index (Phi) is 4.02. The maximum Gasteiger partial charge on any atom is 0.0569 e. The summed E-state index contributed by atoms with van der Waals surface area (Å²) >= 11 is 0. The lowest BCUT2D eigenvalue weighted by Crippen LogP contribution is -2.19. The topological polar surface area (TPSA) is 29.5 Å². The second kappa shape index (κ2) is 4.83. The second-order valence-corrected chi connectivity index (χ2v) is 3.90. The summed E-state index contributed by atoms with van der Waals surface area (Å²) in [6.45, 7) is 2.93. The number of aliphatic hydroxyl groups is 1. The molecule has 2 heteroatoms. The van der Waals surface area contributed by atoms with E-state index in [0.29, 0.717) is 5.92 Å². The lowest BCUT2D eigenvalue weighted by atomic mass is 9.96. The Morgan fingerprint density at radius 2 is 2.17 bits per heavy atom. The van der Waals surface area contributed by atoms with E-state index >= 15 is 0 Å². The highest BCUT2D eigenvalue weighted by molar-refractivity contribution is 4.82. The molecule has 1 N–H and O–H groups in total. The predicted molar refractivity (Wildman–Crippen MR) is 49.0 cm³/mol. The molecule has 0 spiro atoms. The van der Waals surface area contributed by atoms with Crippen LogP contribution in [0.3, 0.4) is 0 Å². The molecule has 0 aromatic rings. The van der Waals surface area contributed by atoms with E-state index in [0.717, 1.165) is 25.4 Å². The summed E-state index contributed by atoms with van der Waals surface area (Å²) in [5.74, 6) is 1.31. The first-order valence-corrected chi connectivity index (χ1v) is 4.92. The van der Waals surface area contributed by atoms with Gasteiger partial charge in [-0.15, -0.1) is 0 Å². The highest BCUT2D eigenvalue weighted by Crippen LogP contribution is 2.38. The third-order valence-corrected chi connectivity index (χ3v) is 2.82. The van der Waals surface area contributed by atoms with Gasteiger partial charge in [-0.2, -0.15) is 0 Å². The summed E-state index contributed by atoms with van der Waals surface area (Å²) in [5, 5.41) is 9.70. The van der Waals surface area contributed by atoms with E-state index in [1.165, 1.54) is 12.8 Å². The fourth-order valence-electron chi connectivity index (χ4n) is 1.64. The molecule has 0 aliphatic heterocycles. The molecule has 1 saturated carbocycles. The molecule has 12 heavy (non-hydrogen) atoms. The van der Waals surface area contributed by atoms with E-state index in [4.69, 9.17) is 4.74 Å². The van der Waals surface area contributed by atoms with Crippen molar-refractivity contribution in [3.8, 4) is 0 Å². The van der Waals surface area contributed by atoms with Gasteiger partial charge in [0, 0.05) is 13.7 Å². The smallest absolute Gasteiger partial charge is 0.0569 e. The summed E-state index contributed by atoms with van der Waals surface area (Å²) in [7, 11) is 1.71. The van der Waals surface area contributed by atoms with Crippen LogP contribution in [0.4, 0.5) is 0 Å². The van der Waals surface area contributed by atoms with Crippen LogP contribution in [0.25, 0.3) is 0 Å². The number of ether oxygens (including phenoxy) is 1. The third kappa shape index (κ3) is 3.11. The fraction of sp³-hybridized carbons (Fsp3) is 1.00. The van der Waals surface area contributed by atoms with Gasteiger partial charge >= 0.3 is 0 Å². The van der Waals surface area contributed by atoms with Gasteiger partial charge in [0.05, 0.1) is 6.10 Å². The molecule has 0 saturated heterocycles. The van der Waals surface area contributed by atoms with Gasteiger partial charge in [-0.3, -0.25) is 0 Å². The van der Waals surface area contributed by atoms with Crippen LogP contribution in [0.5, 0.6) is 0 Å². The van der Waals surface area contributed by atoms with Crippen molar-refractivity contribution in [1.82, 2.24) is 0 Å². The fourth-order valence-corrected chi connectivity index (χ4v) is 1.64. The zero-order chi connectivity index (χ0) is 8.97. The van der Waals surface area contributed by atoms with Gasteiger partial charge in [0.25, 0.3) is 0 Å². The summed E-state index contributed by atoms with van der Waals surface area (Å²) in [6.07, 6.45) is 4.42. The molecule has 2 atom stereocenters. The highest BCUT2D eigenvalue weighted by atomic mass is 16.5. The summed E-state index contributed by atoms with van der Waals surface area (Å²) in [6, 6.07) is 0. The lowest BCUT2D eigenvalue weighted by molar-refractivity contribution is 0.0831. The zero-order valence-corrected chi connectivity index (χ0v) is 8.12. The van der Waals surface area contributed by atoms with Crippen molar-refractivity contribution < 1.29 is 9.84 Å². The second-order valence-electron chi connectivity index (χ2n) is 3.90. The van der Waals surface area contributed by atoms with Gasteiger partial charge < -0.3 is 9.84 Å². The van der Waals surface area contributed by atoms with Crippen molar-refractivity contribution in [2.75, 3.05) is 13.7 Å². The monoisotopic (exact) mass is 172 g/mol. The van der Waals surface area contributed by atoms with Crippen molar-refractivity contribution in [2.24, 2.45) is 11.8 Å². The SMILES string of the molecule is COCCCC(O)C(C)C1CC1. The molecule has 1 rings (SSSR count). The lowest BCUT2D eigenvalue weighted by Gasteiger charge is -2.17. The van der Waals surface area contributed by atoms with Gasteiger partial charge in [0.15, 0.2) is 0 Å². The van der Waals surface area contributed by atoms with Gasteiger partial charge in [-0.25, -0.2) is 0 Å². The molecule has 0 aromatic heterocycles. The maximum absolute atomic E-state index is 9.70. The van der Waals surface area contributed by atoms with Gasteiger partial charge in [0.2, 0.25) is 0 Å². The molecule has 0 heterocycles. The molecule has 0 radical (unpaired) electrons. The van der Waals surface area contributed by atoms with Crippen LogP contribution >= 0.6 is 0 Å². The quantitative estimate of drug-likeness (QED) is 0.619. The number of hydrogen-bond donors (Lipinski definition) is 1. The number of aliphatic hydroxyl groups excluding tert-OH is 1. The molecule has 1 aliphatic carbocycles. The molecule has 2 nitrogen and oxygen atoms in total. The number of hydrogen-bond acceptors (Lipinski definition) is 2. The number of methoxy groups -OCH3 is 1. The Bertz CT molecular complexity index is 121. The van der Waals surface area contributed by atoms with Crippen LogP contribution in [0, 0.1) is 11.8 Å². The normalized spacial score (nSPS) is 22.2. The van der Waals surface area contributed by atoms with Crippen LogP contribution in [0.15, 0.2) is 0 Å². The summed E-state index contributed by atoms with van der Waals surface area (Å²) < 4.78 is 4.94. The Morgan fingerprint density at radius 1 is 1.50 bits per heavy atom. The van der Waals surface area contributed by atoms with Crippen LogP contribution in [0.1, 0.15) is 32.6 Å². The highest BCUT2D eigenvalue weighted by Gasteiger charge is 2.31. The average Bonchev–Trinajstić information content (AvgIpc) is 2.86. The number of rotatable bonds is 6. The van der Waals surface area contributed by atoms with E-state index in [-0.39, 0.29) is 6.10 Å². The molecule has 0 aromatic carbocycles. The molecule has 0 amide bonds. The van der Waals surface area contributed by atoms with E-state index < -0.39 is 0 Å². The van der Waals surface area contributed by atoms with Gasteiger partial charge in [-0.1, -0.05) is 6.92 Å². The van der Waals surface area contributed by atoms with E-state index in [1.54, 1.807) is 7.11 Å². The Balaban J connectivity index is 2.04. The largest absolute Gasteiger partial charge is 0.393 e. The first-order valence-electron chi connectivity index (χ1n) is 4.92. The molecule has 1 aliphatic rings. The van der Waals surface area contributed by atoms with E-state index in [1.807, 2.05) is 0 Å². The van der Waals surface area contributed by atoms with Crippen LogP contribution in [-0.2, 0) is 4.74 Å². The Hall–Kier alpha value is -0.0800. The summed E-state index contributed by atoms with van der Waals surface area (Å²) in [5.41, 5.74) is 0. The van der Waals surface area contributed by atoms with Crippen molar-refractivity contribution in [1.29, 1.82) is 0 Å². The van der Waals surface area contributed by atoms with Crippen molar-refractivity contribution in [2.45, 2.75) is 38.7 Å². The first-order chi connectivity index (χ1) is 5.75. The van der Waals surface area contributed by atoms with E-state index in [2.05, 4.69) is 6.92 Å². The Morgan fingerprint density at radius 3 is 2.67 bits per heavy atom. The van der Waals surface area contributed by atoms with Crippen LogP contribution in [0.2, 0.25) is 0 Å². The molecule has 0 bridgehead atoms. The average molecular weight is 172 g/mol. The maximum atomic E-state index is 9.70. The van der Waals surface area contributed by atoms with E-state index in [9.17, 15) is 5.11 Å². The van der Waals surface area contributed by atoms with Gasteiger partial charge in [-0.05, 0) is 37.5 Å². The van der Waals surface area contributed by atoms with Crippen LogP contribution in [-0.4, -0.2) is 24.9 Å². The minimum Gasteiger partial charge on any atom is -0.393 e. The minimum absolute atomic E-state index is 0.104. The predicted octanol–water partition coefficient (Wildman–Crippen LogP) is 1.82. The van der Waals surface area contributed by atoms with Crippen molar-refractivity contribution in [3.05, 3.63) is 0 Å². The molecule has 2 unspecified atom stereocenters. The molecule has 1 fully saturated rings. The molecular formula is C10H20O2. The molecular weight excluding hydrogens is 152 g/mol.